The molecule has 0 spiro atoms. The highest BCUT2D eigenvalue weighted by molar-refractivity contribution is 7.89. The number of likely N-dealkylation sites (N-methyl/N-ethyl adjacent to an activating group) is 1. The Morgan fingerprint density at radius 3 is 2.58 bits per heavy atom. The Hall–Kier alpha value is -1.71. The van der Waals surface area contributed by atoms with Crippen LogP contribution in [0.15, 0.2) is 23.1 Å². The lowest BCUT2D eigenvalue weighted by molar-refractivity contribution is -0.138. The topological polar surface area (TPSA) is 87.2 Å². The monoisotopic (exact) mass is 360 g/mol. The van der Waals surface area contributed by atoms with E-state index in [-0.39, 0.29) is 36.3 Å². The lowest BCUT2D eigenvalue weighted by Gasteiger charge is -2.35. The summed E-state index contributed by atoms with van der Waals surface area (Å²) < 4.78 is 45.0. The van der Waals surface area contributed by atoms with Crippen molar-refractivity contribution >= 4 is 16.0 Å². The van der Waals surface area contributed by atoms with Crippen LogP contribution in [0.1, 0.15) is 12.8 Å². The minimum absolute atomic E-state index is 0.0157. The van der Waals surface area contributed by atoms with Crippen molar-refractivity contribution in [3.63, 3.8) is 0 Å². The molecule has 0 aliphatic carbocycles. The first kappa shape index (κ1) is 18.6. The van der Waals surface area contributed by atoms with Gasteiger partial charge in [0.15, 0.2) is 11.6 Å². The lowest BCUT2D eigenvalue weighted by atomic mass is 10.1. The summed E-state index contributed by atoms with van der Waals surface area (Å²) in [6, 6.07) is 3.48. The SMILES string of the molecule is COc1cc(S(=O)(=O)N2CCC(N(C)CC(=O)O)CC2)ccc1F. The smallest absolute Gasteiger partial charge is 0.317 e. The molecular formula is C15H21FN2O5S. The Morgan fingerprint density at radius 1 is 1.42 bits per heavy atom. The normalized spacial score (nSPS) is 17.2. The second-order valence-electron chi connectivity index (χ2n) is 5.74. The maximum absolute atomic E-state index is 13.5. The number of aliphatic carboxylic acids is 1. The fourth-order valence-corrected chi connectivity index (χ4v) is 4.30. The van der Waals surface area contributed by atoms with Gasteiger partial charge in [-0.2, -0.15) is 4.31 Å². The predicted molar refractivity (Wildman–Crippen MR) is 85.0 cm³/mol. The zero-order valence-corrected chi connectivity index (χ0v) is 14.4. The van der Waals surface area contributed by atoms with E-state index < -0.39 is 21.8 Å². The van der Waals surface area contributed by atoms with Crippen LogP contribution in [0.3, 0.4) is 0 Å². The van der Waals surface area contributed by atoms with E-state index in [2.05, 4.69) is 0 Å². The number of hydrogen-bond donors (Lipinski definition) is 1. The van der Waals surface area contributed by atoms with E-state index in [4.69, 9.17) is 9.84 Å². The number of benzene rings is 1. The summed E-state index contributed by atoms with van der Waals surface area (Å²) in [5.74, 6) is -1.65. The average Bonchev–Trinajstić information content (AvgIpc) is 2.54. The van der Waals surface area contributed by atoms with E-state index in [9.17, 15) is 17.6 Å². The third-order valence-electron chi connectivity index (χ3n) is 4.19. The molecule has 1 fully saturated rings. The first-order chi connectivity index (χ1) is 11.3. The van der Waals surface area contributed by atoms with Crippen molar-refractivity contribution in [2.75, 3.05) is 33.8 Å². The summed E-state index contributed by atoms with van der Waals surface area (Å²) in [6.07, 6.45) is 1.09. The van der Waals surface area contributed by atoms with Crippen molar-refractivity contribution < 1.29 is 27.4 Å². The van der Waals surface area contributed by atoms with Gasteiger partial charge in [0.2, 0.25) is 10.0 Å². The van der Waals surface area contributed by atoms with Crippen molar-refractivity contribution in [3.05, 3.63) is 24.0 Å². The molecule has 2 rings (SSSR count). The van der Waals surface area contributed by atoms with Crippen LogP contribution < -0.4 is 4.74 Å². The molecule has 0 radical (unpaired) electrons. The van der Waals surface area contributed by atoms with Crippen molar-refractivity contribution in [2.45, 2.75) is 23.8 Å². The summed E-state index contributed by atoms with van der Waals surface area (Å²) in [5.41, 5.74) is 0. The summed E-state index contributed by atoms with van der Waals surface area (Å²) in [6.45, 7) is 0.500. The van der Waals surface area contributed by atoms with Crippen molar-refractivity contribution in [3.8, 4) is 5.75 Å². The van der Waals surface area contributed by atoms with E-state index >= 15 is 0 Å². The van der Waals surface area contributed by atoms with Crippen LogP contribution in [0.4, 0.5) is 4.39 Å². The Balaban J connectivity index is 2.09. The molecule has 7 nitrogen and oxygen atoms in total. The zero-order valence-electron chi connectivity index (χ0n) is 13.6. The molecule has 0 saturated carbocycles. The van der Waals surface area contributed by atoms with E-state index in [0.29, 0.717) is 12.8 Å². The summed E-state index contributed by atoms with van der Waals surface area (Å²) >= 11 is 0. The molecule has 1 aromatic carbocycles. The van der Waals surface area contributed by atoms with Crippen molar-refractivity contribution in [2.24, 2.45) is 0 Å². The Bertz CT molecular complexity index is 702. The molecule has 0 atom stereocenters. The van der Waals surface area contributed by atoms with Gasteiger partial charge in [0.05, 0.1) is 18.6 Å². The molecule has 1 aliphatic heterocycles. The van der Waals surface area contributed by atoms with Gasteiger partial charge in [0, 0.05) is 25.2 Å². The molecule has 1 N–H and O–H groups in total. The largest absolute Gasteiger partial charge is 0.494 e. The summed E-state index contributed by atoms with van der Waals surface area (Å²) in [4.78, 5) is 12.5. The Kier molecular flexibility index (Phi) is 5.79. The van der Waals surface area contributed by atoms with Gasteiger partial charge in [-0.1, -0.05) is 0 Å². The molecule has 0 amide bonds. The minimum atomic E-state index is -3.73. The number of carboxylic acids is 1. The standard InChI is InChI=1S/C15H21FN2O5S/c1-17(10-15(19)20)11-5-7-18(8-6-11)24(21,22)12-3-4-13(16)14(9-12)23-2/h3-4,9,11H,5-8,10H2,1-2H3,(H,19,20). The quantitative estimate of drug-likeness (QED) is 0.815. The number of sulfonamides is 1. The fourth-order valence-electron chi connectivity index (χ4n) is 2.82. The second-order valence-corrected chi connectivity index (χ2v) is 7.68. The molecule has 0 aromatic heterocycles. The summed E-state index contributed by atoms with van der Waals surface area (Å²) in [7, 11) is -0.739. The van der Waals surface area contributed by atoms with Gasteiger partial charge < -0.3 is 9.84 Å². The number of piperidine rings is 1. The average molecular weight is 360 g/mol. The number of hydrogen-bond acceptors (Lipinski definition) is 5. The number of rotatable bonds is 6. The van der Waals surface area contributed by atoms with Gasteiger partial charge in [-0.25, -0.2) is 12.8 Å². The minimum Gasteiger partial charge on any atom is -0.494 e. The highest BCUT2D eigenvalue weighted by Gasteiger charge is 2.31. The zero-order chi connectivity index (χ0) is 17.9. The van der Waals surface area contributed by atoms with E-state index in [1.165, 1.54) is 23.5 Å². The molecule has 1 heterocycles. The van der Waals surface area contributed by atoms with E-state index in [1.54, 1.807) is 11.9 Å². The fraction of sp³-hybridized carbons (Fsp3) is 0.533. The van der Waals surface area contributed by atoms with Gasteiger partial charge in [-0.3, -0.25) is 9.69 Å². The van der Waals surface area contributed by atoms with Crippen LogP contribution in [0.5, 0.6) is 5.75 Å². The molecule has 134 valence electrons. The highest BCUT2D eigenvalue weighted by Crippen LogP contribution is 2.26. The number of carboxylic acid groups (broad SMARTS) is 1. The highest BCUT2D eigenvalue weighted by atomic mass is 32.2. The maximum atomic E-state index is 13.5. The number of carbonyl (C=O) groups is 1. The molecule has 24 heavy (non-hydrogen) atoms. The number of nitrogens with zero attached hydrogens (tertiary/aromatic N) is 2. The molecule has 1 aliphatic rings. The Labute approximate surface area is 140 Å². The van der Waals surface area contributed by atoms with Crippen molar-refractivity contribution in [1.82, 2.24) is 9.21 Å². The second kappa shape index (κ2) is 7.45. The first-order valence-electron chi connectivity index (χ1n) is 7.51. The van der Waals surface area contributed by atoms with E-state index in [0.717, 1.165) is 6.07 Å². The van der Waals surface area contributed by atoms with Crippen LogP contribution in [-0.4, -0.2) is 68.5 Å². The number of halogens is 1. The van der Waals surface area contributed by atoms with Crippen LogP contribution in [-0.2, 0) is 14.8 Å². The summed E-state index contributed by atoms with van der Waals surface area (Å²) in [5, 5.41) is 8.83. The van der Waals surface area contributed by atoms with Gasteiger partial charge in [0.25, 0.3) is 0 Å². The van der Waals surface area contributed by atoms with Crippen LogP contribution in [0, 0.1) is 5.82 Å². The first-order valence-corrected chi connectivity index (χ1v) is 8.95. The van der Waals surface area contributed by atoms with Crippen LogP contribution in [0.2, 0.25) is 0 Å². The molecule has 0 bridgehead atoms. The third-order valence-corrected chi connectivity index (χ3v) is 6.09. The van der Waals surface area contributed by atoms with Crippen LogP contribution in [0.25, 0.3) is 0 Å². The third kappa shape index (κ3) is 4.03. The molecular weight excluding hydrogens is 339 g/mol. The molecule has 0 unspecified atom stereocenters. The number of ether oxygens (including phenoxy) is 1. The van der Waals surface area contributed by atoms with Crippen molar-refractivity contribution in [1.29, 1.82) is 0 Å². The van der Waals surface area contributed by atoms with Gasteiger partial charge in [-0.15, -0.1) is 0 Å². The molecule has 1 saturated heterocycles. The molecule has 1 aromatic rings. The van der Waals surface area contributed by atoms with Crippen LogP contribution >= 0.6 is 0 Å². The number of methoxy groups -OCH3 is 1. The lowest BCUT2D eigenvalue weighted by Crippen LogP contribution is -2.46. The van der Waals surface area contributed by atoms with Gasteiger partial charge in [0.1, 0.15) is 0 Å². The van der Waals surface area contributed by atoms with Gasteiger partial charge >= 0.3 is 5.97 Å². The van der Waals surface area contributed by atoms with Gasteiger partial charge in [-0.05, 0) is 32.0 Å². The maximum Gasteiger partial charge on any atom is 0.317 e. The Morgan fingerprint density at radius 2 is 2.04 bits per heavy atom. The van der Waals surface area contributed by atoms with E-state index in [1.807, 2.05) is 0 Å². The predicted octanol–water partition coefficient (Wildman–Crippen LogP) is 1.00. The molecule has 9 heteroatoms.